The van der Waals surface area contributed by atoms with Crippen LogP contribution < -0.4 is 0 Å². The molecule has 4 heteroatoms. The molecule has 0 spiro atoms. The van der Waals surface area contributed by atoms with Gasteiger partial charge >= 0.3 is 0 Å². The van der Waals surface area contributed by atoms with Crippen molar-refractivity contribution in [3.63, 3.8) is 0 Å². The number of hydrogen-bond acceptors (Lipinski definition) is 3. The summed E-state index contributed by atoms with van der Waals surface area (Å²) >= 11 is 3.85. The highest BCUT2D eigenvalue weighted by Gasteiger charge is 2.30. The van der Waals surface area contributed by atoms with Gasteiger partial charge in [0.15, 0.2) is 0 Å². The van der Waals surface area contributed by atoms with Crippen molar-refractivity contribution in [3.8, 4) is 0 Å². The average molecular weight is 286 g/mol. The van der Waals surface area contributed by atoms with Crippen molar-refractivity contribution >= 4 is 23.5 Å². The van der Waals surface area contributed by atoms with Gasteiger partial charge < -0.3 is 5.11 Å². The molecular formula is C14H19FOS2. The van der Waals surface area contributed by atoms with E-state index in [1.54, 1.807) is 12.1 Å². The highest BCUT2D eigenvalue weighted by molar-refractivity contribution is 8.07. The van der Waals surface area contributed by atoms with Crippen LogP contribution in [0.25, 0.3) is 0 Å². The van der Waals surface area contributed by atoms with E-state index in [9.17, 15) is 9.50 Å². The van der Waals surface area contributed by atoms with E-state index < -0.39 is 0 Å². The Morgan fingerprint density at radius 3 is 2.61 bits per heavy atom. The molecule has 0 amide bonds. The molecule has 2 rings (SSSR count). The smallest absolute Gasteiger partial charge is 0.123 e. The summed E-state index contributed by atoms with van der Waals surface area (Å²) in [5.74, 6) is 2.08. The first-order chi connectivity index (χ1) is 8.70. The maximum atomic E-state index is 12.8. The van der Waals surface area contributed by atoms with Gasteiger partial charge in [0.05, 0.1) is 6.10 Å². The molecule has 3 unspecified atom stereocenters. The van der Waals surface area contributed by atoms with Gasteiger partial charge in [0.1, 0.15) is 5.82 Å². The number of thioether (sulfide) groups is 2. The van der Waals surface area contributed by atoms with E-state index in [2.05, 4.69) is 6.92 Å². The lowest BCUT2D eigenvalue weighted by atomic mass is 10.0. The Morgan fingerprint density at radius 2 is 1.94 bits per heavy atom. The van der Waals surface area contributed by atoms with Crippen LogP contribution in [0.2, 0.25) is 0 Å². The molecule has 1 aliphatic rings. The van der Waals surface area contributed by atoms with Crippen LogP contribution in [0, 0.1) is 5.82 Å². The van der Waals surface area contributed by atoms with E-state index in [0.717, 1.165) is 17.7 Å². The summed E-state index contributed by atoms with van der Waals surface area (Å²) in [6.45, 7) is 2.18. The second-order valence-electron chi connectivity index (χ2n) is 4.55. The molecule has 3 atom stereocenters. The molecule has 18 heavy (non-hydrogen) atoms. The summed E-state index contributed by atoms with van der Waals surface area (Å²) in [4.78, 5) is 0. The highest BCUT2D eigenvalue weighted by Crippen LogP contribution is 2.35. The molecule has 0 radical (unpaired) electrons. The predicted octanol–water partition coefficient (Wildman–Crippen LogP) is 3.36. The molecule has 1 aromatic rings. The van der Waals surface area contributed by atoms with Crippen molar-refractivity contribution in [2.75, 3.05) is 11.5 Å². The summed E-state index contributed by atoms with van der Waals surface area (Å²) < 4.78 is 12.8. The molecule has 1 saturated heterocycles. The lowest BCUT2D eigenvalue weighted by Gasteiger charge is -2.33. The van der Waals surface area contributed by atoms with Crippen LogP contribution in [0.15, 0.2) is 24.3 Å². The Labute approximate surface area is 117 Å². The molecule has 1 N–H and O–H groups in total. The fourth-order valence-electron chi connectivity index (χ4n) is 2.27. The third-order valence-electron chi connectivity index (χ3n) is 3.23. The van der Waals surface area contributed by atoms with E-state index >= 15 is 0 Å². The largest absolute Gasteiger partial charge is 0.392 e. The lowest BCUT2D eigenvalue weighted by molar-refractivity contribution is 0.169. The molecule has 1 aromatic carbocycles. The maximum absolute atomic E-state index is 12.8. The van der Waals surface area contributed by atoms with Gasteiger partial charge in [-0.2, -0.15) is 23.5 Å². The van der Waals surface area contributed by atoms with Crippen molar-refractivity contribution in [3.05, 3.63) is 35.6 Å². The number of halogens is 1. The fourth-order valence-corrected chi connectivity index (χ4v) is 5.42. The van der Waals surface area contributed by atoms with Gasteiger partial charge in [-0.1, -0.05) is 19.1 Å². The van der Waals surface area contributed by atoms with Gasteiger partial charge in [0.2, 0.25) is 0 Å². The molecule has 100 valence electrons. The number of benzene rings is 1. The van der Waals surface area contributed by atoms with Crippen LogP contribution in [0.3, 0.4) is 0 Å². The highest BCUT2D eigenvalue weighted by atomic mass is 32.2. The van der Waals surface area contributed by atoms with Gasteiger partial charge in [0.25, 0.3) is 0 Å². The summed E-state index contributed by atoms with van der Waals surface area (Å²) in [5.41, 5.74) is 1.01. The third-order valence-corrected chi connectivity index (χ3v) is 6.62. The number of aliphatic hydroxyl groups is 1. The molecule has 1 aliphatic heterocycles. The third kappa shape index (κ3) is 3.65. The lowest BCUT2D eigenvalue weighted by Crippen LogP contribution is -2.37. The van der Waals surface area contributed by atoms with E-state index in [-0.39, 0.29) is 11.9 Å². The van der Waals surface area contributed by atoms with E-state index in [4.69, 9.17) is 0 Å². The average Bonchev–Trinajstić information content (AvgIpc) is 2.41. The normalized spacial score (nSPS) is 25.9. The first-order valence-electron chi connectivity index (χ1n) is 6.36. The molecule has 0 bridgehead atoms. The van der Waals surface area contributed by atoms with Crippen molar-refractivity contribution in [1.29, 1.82) is 0 Å². The maximum Gasteiger partial charge on any atom is 0.123 e. The van der Waals surface area contributed by atoms with Crippen LogP contribution in [-0.2, 0) is 6.42 Å². The summed E-state index contributed by atoms with van der Waals surface area (Å²) in [6.07, 6.45) is 1.39. The van der Waals surface area contributed by atoms with Crippen LogP contribution in [0.1, 0.15) is 18.9 Å². The standard InChI is InChI=1S/C14H19FOS2/c1-2-13-14(18-8-7-17-13)12(16)9-10-3-5-11(15)6-4-10/h3-6,12-14,16H,2,7-9H2,1H3. The minimum absolute atomic E-state index is 0.220. The Bertz CT molecular complexity index is 369. The molecule has 0 aromatic heterocycles. The zero-order valence-electron chi connectivity index (χ0n) is 10.5. The number of aliphatic hydroxyl groups excluding tert-OH is 1. The van der Waals surface area contributed by atoms with E-state index in [1.165, 1.54) is 17.9 Å². The first-order valence-corrected chi connectivity index (χ1v) is 8.46. The molecular weight excluding hydrogens is 267 g/mol. The first kappa shape index (κ1) is 14.2. The minimum atomic E-state index is -0.335. The monoisotopic (exact) mass is 286 g/mol. The van der Waals surface area contributed by atoms with Crippen LogP contribution in [-0.4, -0.2) is 33.2 Å². The van der Waals surface area contributed by atoms with Gasteiger partial charge in [-0.25, -0.2) is 4.39 Å². The van der Waals surface area contributed by atoms with Crippen molar-refractivity contribution in [1.82, 2.24) is 0 Å². The van der Waals surface area contributed by atoms with Crippen LogP contribution in [0.4, 0.5) is 4.39 Å². The van der Waals surface area contributed by atoms with Gasteiger partial charge in [-0.05, 0) is 30.5 Å². The van der Waals surface area contributed by atoms with Gasteiger partial charge in [-0.3, -0.25) is 0 Å². The molecule has 1 nitrogen and oxygen atoms in total. The number of rotatable bonds is 4. The summed E-state index contributed by atoms with van der Waals surface area (Å²) in [5, 5.41) is 11.2. The van der Waals surface area contributed by atoms with Crippen molar-refractivity contribution in [2.24, 2.45) is 0 Å². The Hall–Kier alpha value is -0.190. The summed E-state index contributed by atoms with van der Waals surface area (Å²) in [6, 6.07) is 6.45. The minimum Gasteiger partial charge on any atom is -0.392 e. The molecule has 1 heterocycles. The fraction of sp³-hybridized carbons (Fsp3) is 0.571. The predicted molar refractivity (Wildman–Crippen MR) is 78.9 cm³/mol. The van der Waals surface area contributed by atoms with Crippen molar-refractivity contribution < 1.29 is 9.50 Å². The van der Waals surface area contributed by atoms with E-state index in [1.807, 2.05) is 23.5 Å². The van der Waals surface area contributed by atoms with Gasteiger partial charge in [-0.15, -0.1) is 0 Å². The van der Waals surface area contributed by atoms with Crippen LogP contribution in [0.5, 0.6) is 0 Å². The van der Waals surface area contributed by atoms with E-state index in [0.29, 0.717) is 16.9 Å². The zero-order valence-corrected chi connectivity index (χ0v) is 12.1. The topological polar surface area (TPSA) is 20.2 Å². The van der Waals surface area contributed by atoms with Crippen LogP contribution >= 0.6 is 23.5 Å². The van der Waals surface area contributed by atoms with Crippen molar-refractivity contribution in [2.45, 2.75) is 36.4 Å². The molecule has 0 saturated carbocycles. The summed E-state index contributed by atoms with van der Waals surface area (Å²) in [7, 11) is 0. The Balaban J connectivity index is 1.97. The zero-order chi connectivity index (χ0) is 13.0. The molecule has 1 fully saturated rings. The molecule has 0 aliphatic carbocycles. The SMILES string of the molecule is CCC1SCCSC1C(O)Cc1ccc(F)cc1. The Morgan fingerprint density at radius 1 is 1.28 bits per heavy atom. The Kier molecular flexibility index (Phi) is 5.39. The second kappa shape index (κ2) is 6.83. The van der Waals surface area contributed by atoms with Gasteiger partial charge in [0, 0.05) is 22.0 Å². The quantitative estimate of drug-likeness (QED) is 0.916. The number of hydrogen-bond donors (Lipinski definition) is 1. The second-order valence-corrected chi connectivity index (χ2v) is 7.18.